The van der Waals surface area contributed by atoms with Crippen LogP contribution in [0.15, 0.2) is 34.8 Å². The molecule has 0 saturated heterocycles. The first kappa shape index (κ1) is 13.3. The van der Waals surface area contributed by atoms with Gasteiger partial charge in [-0.3, -0.25) is 5.32 Å². The Hall–Kier alpha value is -2.13. The number of hydrogen-bond acceptors (Lipinski definition) is 5. The molecule has 1 heterocycles. The van der Waals surface area contributed by atoms with Crippen molar-refractivity contribution in [2.75, 3.05) is 10.6 Å². The molecule has 0 unspecified atom stereocenters. The Labute approximate surface area is 119 Å². The van der Waals surface area contributed by atoms with Crippen molar-refractivity contribution in [3.8, 4) is 6.19 Å². The highest BCUT2D eigenvalue weighted by atomic mass is 79.9. The molecule has 2 rings (SSSR count). The van der Waals surface area contributed by atoms with Crippen LogP contribution in [-0.2, 0) is 6.54 Å². The second kappa shape index (κ2) is 6.16. The zero-order valence-corrected chi connectivity index (χ0v) is 11.9. The molecule has 5 nitrogen and oxygen atoms in total. The van der Waals surface area contributed by atoms with Crippen LogP contribution in [-0.4, -0.2) is 9.97 Å². The second-order valence-electron chi connectivity index (χ2n) is 3.87. The van der Waals surface area contributed by atoms with Crippen LogP contribution in [0.4, 0.5) is 11.6 Å². The van der Waals surface area contributed by atoms with Gasteiger partial charge < -0.3 is 5.32 Å². The number of nitrogens with zero attached hydrogens (tertiary/aromatic N) is 3. The molecule has 0 aliphatic rings. The first-order chi connectivity index (χ1) is 9.19. The lowest BCUT2D eigenvalue weighted by Crippen LogP contribution is -2.05. The maximum atomic E-state index is 8.60. The minimum absolute atomic E-state index is 0.490. The van der Waals surface area contributed by atoms with Crippen molar-refractivity contribution in [2.24, 2.45) is 0 Å². The van der Waals surface area contributed by atoms with Crippen molar-refractivity contribution in [3.63, 3.8) is 0 Å². The third-order valence-corrected chi connectivity index (χ3v) is 3.21. The molecule has 2 aromatic rings. The number of aromatic nitrogens is 2. The molecule has 96 valence electrons. The molecule has 0 bridgehead atoms. The Bertz CT molecular complexity index is 621. The van der Waals surface area contributed by atoms with Gasteiger partial charge in [-0.05, 0) is 18.6 Å². The van der Waals surface area contributed by atoms with Crippen LogP contribution in [0.1, 0.15) is 11.4 Å². The van der Waals surface area contributed by atoms with Crippen molar-refractivity contribution < 1.29 is 0 Å². The van der Waals surface area contributed by atoms with Gasteiger partial charge in [0.25, 0.3) is 0 Å². The third kappa shape index (κ3) is 3.66. The number of benzene rings is 1. The van der Waals surface area contributed by atoms with Crippen molar-refractivity contribution >= 4 is 27.6 Å². The Morgan fingerprint density at radius 2 is 2.00 bits per heavy atom. The minimum atomic E-state index is 0.490. The Morgan fingerprint density at radius 3 is 2.74 bits per heavy atom. The summed E-state index contributed by atoms with van der Waals surface area (Å²) in [6.07, 6.45) is 1.85. The van der Waals surface area contributed by atoms with Crippen LogP contribution in [0.25, 0.3) is 0 Å². The van der Waals surface area contributed by atoms with Crippen molar-refractivity contribution in [1.29, 1.82) is 5.26 Å². The molecule has 1 aromatic carbocycles. The van der Waals surface area contributed by atoms with Crippen molar-refractivity contribution in [2.45, 2.75) is 13.5 Å². The van der Waals surface area contributed by atoms with E-state index in [1.54, 1.807) is 13.0 Å². The van der Waals surface area contributed by atoms with E-state index in [0.717, 1.165) is 10.0 Å². The molecule has 19 heavy (non-hydrogen) atoms. The standard InChI is InChI=1S/C13H12BrN5/c1-9-18-12(6-13(19-9)17-8-15)16-7-10-4-2-3-5-11(10)14/h2-6H,7H2,1H3,(H2,16,17,18,19). The van der Waals surface area contributed by atoms with Gasteiger partial charge in [-0.1, -0.05) is 34.1 Å². The number of anilines is 2. The molecular weight excluding hydrogens is 306 g/mol. The highest BCUT2D eigenvalue weighted by Gasteiger charge is 2.03. The molecule has 2 N–H and O–H groups in total. The van der Waals surface area contributed by atoms with E-state index in [1.165, 1.54) is 0 Å². The molecule has 0 saturated carbocycles. The topological polar surface area (TPSA) is 73.6 Å². The Morgan fingerprint density at radius 1 is 1.26 bits per heavy atom. The summed E-state index contributed by atoms with van der Waals surface area (Å²) in [5, 5.41) is 14.3. The first-order valence-corrected chi connectivity index (χ1v) is 6.46. The lowest BCUT2D eigenvalue weighted by atomic mass is 10.2. The normalized spacial score (nSPS) is 9.74. The van der Waals surface area contributed by atoms with E-state index in [4.69, 9.17) is 5.26 Å². The number of rotatable bonds is 4. The number of nitrogens with one attached hydrogen (secondary N) is 2. The van der Waals surface area contributed by atoms with Gasteiger partial charge in [-0.2, -0.15) is 5.26 Å². The average Bonchev–Trinajstić information content (AvgIpc) is 2.37. The molecule has 0 amide bonds. The van der Waals surface area contributed by atoms with Gasteiger partial charge in [0.15, 0.2) is 6.19 Å². The van der Waals surface area contributed by atoms with Crippen molar-refractivity contribution in [1.82, 2.24) is 9.97 Å². The maximum Gasteiger partial charge on any atom is 0.182 e. The Kier molecular flexibility index (Phi) is 4.31. The minimum Gasteiger partial charge on any atom is -0.366 e. The summed E-state index contributed by atoms with van der Waals surface area (Å²) in [5.41, 5.74) is 1.13. The summed E-state index contributed by atoms with van der Waals surface area (Å²) >= 11 is 3.50. The van der Waals surface area contributed by atoms with E-state index in [0.29, 0.717) is 24.0 Å². The fraction of sp³-hybridized carbons (Fsp3) is 0.154. The summed E-state index contributed by atoms with van der Waals surface area (Å²) < 4.78 is 1.05. The predicted octanol–water partition coefficient (Wildman–Crippen LogP) is 3.05. The largest absolute Gasteiger partial charge is 0.366 e. The molecule has 0 spiro atoms. The van der Waals surface area contributed by atoms with E-state index in [9.17, 15) is 0 Å². The molecule has 0 aliphatic heterocycles. The van der Waals surface area contributed by atoms with Crippen LogP contribution < -0.4 is 10.6 Å². The number of halogens is 1. The Balaban J connectivity index is 2.12. The fourth-order valence-corrected chi connectivity index (χ4v) is 2.03. The molecule has 0 fully saturated rings. The molecular formula is C13H12BrN5. The molecule has 6 heteroatoms. The fourth-order valence-electron chi connectivity index (χ4n) is 1.61. The lowest BCUT2D eigenvalue weighted by Gasteiger charge is -2.09. The van der Waals surface area contributed by atoms with Crippen LogP contribution in [0, 0.1) is 18.4 Å². The first-order valence-electron chi connectivity index (χ1n) is 5.67. The van der Waals surface area contributed by atoms with E-state index in [2.05, 4.69) is 36.5 Å². The zero-order valence-electron chi connectivity index (χ0n) is 10.3. The monoisotopic (exact) mass is 317 g/mol. The third-order valence-electron chi connectivity index (χ3n) is 2.44. The average molecular weight is 318 g/mol. The van der Waals surface area contributed by atoms with Crippen molar-refractivity contribution in [3.05, 3.63) is 46.2 Å². The van der Waals surface area contributed by atoms with Gasteiger partial charge in [0.2, 0.25) is 0 Å². The predicted molar refractivity (Wildman–Crippen MR) is 77.5 cm³/mol. The van der Waals surface area contributed by atoms with Crippen LogP contribution >= 0.6 is 15.9 Å². The highest BCUT2D eigenvalue weighted by Crippen LogP contribution is 2.18. The van der Waals surface area contributed by atoms with E-state index >= 15 is 0 Å². The SMILES string of the molecule is Cc1nc(NC#N)cc(NCc2ccccc2Br)n1. The zero-order chi connectivity index (χ0) is 13.7. The van der Waals surface area contributed by atoms with E-state index in [-0.39, 0.29) is 0 Å². The number of aryl methyl sites for hydroxylation is 1. The molecule has 0 radical (unpaired) electrons. The highest BCUT2D eigenvalue weighted by molar-refractivity contribution is 9.10. The van der Waals surface area contributed by atoms with Gasteiger partial charge in [0.05, 0.1) is 0 Å². The van der Waals surface area contributed by atoms with Gasteiger partial charge in [0, 0.05) is 17.1 Å². The number of nitriles is 1. The van der Waals surface area contributed by atoms with Gasteiger partial charge >= 0.3 is 0 Å². The second-order valence-corrected chi connectivity index (χ2v) is 4.72. The quantitative estimate of drug-likeness (QED) is 0.669. The van der Waals surface area contributed by atoms with Gasteiger partial charge in [-0.25, -0.2) is 9.97 Å². The maximum absolute atomic E-state index is 8.60. The van der Waals surface area contributed by atoms with Crippen LogP contribution in [0.3, 0.4) is 0 Å². The summed E-state index contributed by atoms with van der Waals surface area (Å²) in [5.74, 6) is 1.78. The molecule has 1 aromatic heterocycles. The number of hydrogen-bond donors (Lipinski definition) is 2. The van der Waals surface area contributed by atoms with E-state index < -0.39 is 0 Å². The molecule has 0 aliphatic carbocycles. The lowest BCUT2D eigenvalue weighted by molar-refractivity contribution is 1.02. The summed E-state index contributed by atoms with van der Waals surface area (Å²) in [6.45, 7) is 2.43. The van der Waals surface area contributed by atoms with Gasteiger partial charge in [-0.15, -0.1) is 0 Å². The molecule has 0 atom stereocenters. The van der Waals surface area contributed by atoms with Crippen LogP contribution in [0.5, 0.6) is 0 Å². The van der Waals surface area contributed by atoms with E-state index in [1.807, 2.05) is 30.5 Å². The van der Waals surface area contributed by atoms with Crippen LogP contribution in [0.2, 0.25) is 0 Å². The summed E-state index contributed by atoms with van der Waals surface area (Å²) in [6, 6.07) is 9.67. The summed E-state index contributed by atoms with van der Waals surface area (Å²) in [4.78, 5) is 8.38. The van der Waals surface area contributed by atoms with Gasteiger partial charge in [0.1, 0.15) is 17.5 Å². The smallest absolute Gasteiger partial charge is 0.182 e. The summed E-state index contributed by atoms with van der Waals surface area (Å²) in [7, 11) is 0.